The van der Waals surface area contributed by atoms with Crippen LogP contribution in [0.4, 0.5) is 5.69 Å². The topological polar surface area (TPSA) is 59.1 Å². The number of likely N-dealkylation sites (tertiary alicyclic amines) is 1. The third-order valence-electron chi connectivity index (χ3n) is 6.01. The molecule has 2 heterocycles. The Morgan fingerprint density at radius 2 is 1.90 bits per heavy atom. The lowest BCUT2D eigenvalue weighted by molar-refractivity contribution is -0.151. The fourth-order valence-corrected chi connectivity index (χ4v) is 4.41. The van der Waals surface area contributed by atoms with Crippen LogP contribution in [0.3, 0.4) is 0 Å². The number of anilines is 1. The van der Waals surface area contributed by atoms with Crippen LogP contribution in [0.25, 0.3) is 0 Å². The molecular weight excluding hydrogens is 392 g/mol. The third-order valence-corrected chi connectivity index (χ3v) is 6.01. The SMILES string of the molecule is CCOC(=O)C1CCCCN1CC(=O)N1CCc2cc(OCc3ccccc3)ccc21. The molecule has 0 aromatic heterocycles. The Labute approximate surface area is 183 Å². The van der Waals surface area contributed by atoms with E-state index in [0.29, 0.717) is 19.8 Å². The molecule has 6 nitrogen and oxygen atoms in total. The highest BCUT2D eigenvalue weighted by molar-refractivity contribution is 5.97. The largest absolute Gasteiger partial charge is 0.489 e. The first-order valence-electron chi connectivity index (χ1n) is 11.2. The lowest BCUT2D eigenvalue weighted by Gasteiger charge is -2.34. The summed E-state index contributed by atoms with van der Waals surface area (Å²) in [6, 6.07) is 15.7. The molecule has 6 heteroatoms. The van der Waals surface area contributed by atoms with Crippen LogP contribution in [-0.4, -0.2) is 49.1 Å². The summed E-state index contributed by atoms with van der Waals surface area (Å²) >= 11 is 0. The number of piperidine rings is 1. The Kier molecular flexibility index (Phi) is 6.87. The van der Waals surface area contributed by atoms with E-state index in [1.54, 1.807) is 0 Å². The molecule has 1 unspecified atom stereocenters. The Balaban J connectivity index is 1.39. The van der Waals surface area contributed by atoms with Gasteiger partial charge in [-0.3, -0.25) is 14.5 Å². The van der Waals surface area contributed by atoms with Crippen LogP contribution < -0.4 is 9.64 Å². The summed E-state index contributed by atoms with van der Waals surface area (Å²) < 4.78 is 11.2. The van der Waals surface area contributed by atoms with Crippen molar-refractivity contribution in [3.8, 4) is 5.75 Å². The van der Waals surface area contributed by atoms with Crippen LogP contribution in [-0.2, 0) is 27.4 Å². The van der Waals surface area contributed by atoms with Crippen molar-refractivity contribution in [1.29, 1.82) is 0 Å². The van der Waals surface area contributed by atoms with Crippen molar-refractivity contribution in [2.75, 3.05) is 31.1 Å². The molecule has 0 N–H and O–H groups in total. The van der Waals surface area contributed by atoms with Gasteiger partial charge in [-0.2, -0.15) is 0 Å². The molecule has 2 aromatic carbocycles. The standard InChI is InChI=1S/C25H30N2O4/c1-2-30-25(29)23-10-6-7-14-26(23)17-24(28)27-15-13-20-16-21(11-12-22(20)27)31-18-19-8-4-3-5-9-19/h3-5,8-9,11-12,16,23H,2,6-7,10,13-15,17-18H2,1H3. The highest BCUT2D eigenvalue weighted by Crippen LogP contribution is 2.32. The molecule has 1 atom stereocenters. The maximum atomic E-state index is 13.1. The highest BCUT2D eigenvalue weighted by Gasteiger charge is 2.33. The number of carbonyl (C=O) groups excluding carboxylic acids is 2. The van der Waals surface area contributed by atoms with E-state index < -0.39 is 0 Å². The van der Waals surface area contributed by atoms with Crippen LogP contribution in [0.5, 0.6) is 5.75 Å². The van der Waals surface area contributed by atoms with Gasteiger partial charge in [0.25, 0.3) is 0 Å². The third kappa shape index (κ3) is 5.07. The molecule has 0 saturated carbocycles. The summed E-state index contributed by atoms with van der Waals surface area (Å²) in [7, 11) is 0. The summed E-state index contributed by atoms with van der Waals surface area (Å²) in [5.41, 5.74) is 3.19. The van der Waals surface area contributed by atoms with Crippen molar-refractivity contribution in [2.24, 2.45) is 0 Å². The zero-order valence-electron chi connectivity index (χ0n) is 18.1. The van der Waals surface area contributed by atoms with Crippen LogP contribution in [0.2, 0.25) is 0 Å². The molecule has 4 rings (SSSR count). The number of nitrogens with zero attached hydrogens (tertiary/aromatic N) is 2. The van der Waals surface area contributed by atoms with Gasteiger partial charge in [-0.05, 0) is 62.1 Å². The summed E-state index contributed by atoms with van der Waals surface area (Å²) in [6.07, 6.45) is 3.56. The molecule has 164 valence electrons. The Morgan fingerprint density at radius 1 is 1.06 bits per heavy atom. The minimum Gasteiger partial charge on any atom is -0.489 e. The molecule has 31 heavy (non-hydrogen) atoms. The zero-order valence-corrected chi connectivity index (χ0v) is 18.1. The molecule has 1 fully saturated rings. The molecular formula is C25H30N2O4. The Bertz CT molecular complexity index is 915. The van der Waals surface area contributed by atoms with E-state index in [4.69, 9.17) is 9.47 Å². The number of fused-ring (bicyclic) bond motifs is 1. The van der Waals surface area contributed by atoms with Gasteiger partial charge in [0, 0.05) is 12.2 Å². The van der Waals surface area contributed by atoms with E-state index >= 15 is 0 Å². The van der Waals surface area contributed by atoms with Gasteiger partial charge in [0.05, 0.1) is 13.2 Å². The average Bonchev–Trinajstić information content (AvgIpc) is 3.22. The summed E-state index contributed by atoms with van der Waals surface area (Å²) in [5.74, 6) is 0.639. The molecule has 1 saturated heterocycles. The Hall–Kier alpha value is -2.86. The van der Waals surface area contributed by atoms with Crippen LogP contribution in [0.1, 0.15) is 37.3 Å². The van der Waals surface area contributed by atoms with E-state index in [0.717, 1.165) is 54.8 Å². The number of rotatable bonds is 7. The second-order valence-corrected chi connectivity index (χ2v) is 8.09. The molecule has 0 bridgehead atoms. The van der Waals surface area contributed by atoms with Gasteiger partial charge in [0.1, 0.15) is 18.4 Å². The van der Waals surface area contributed by atoms with Crippen LogP contribution in [0.15, 0.2) is 48.5 Å². The van der Waals surface area contributed by atoms with Gasteiger partial charge in [-0.15, -0.1) is 0 Å². The predicted octanol–water partition coefficient (Wildman–Crippen LogP) is 3.57. The van der Waals surface area contributed by atoms with Gasteiger partial charge in [0.15, 0.2) is 0 Å². The van der Waals surface area contributed by atoms with Crippen molar-refractivity contribution < 1.29 is 19.1 Å². The fraction of sp³-hybridized carbons (Fsp3) is 0.440. The summed E-state index contributed by atoms with van der Waals surface area (Å²) in [6.45, 7) is 4.36. The molecule has 0 aliphatic carbocycles. The average molecular weight is 423 g/mol. The number of esters is 1. The lowest BCUT2D eigenvalue weighted by atomic mass is 10.0. The number of carbonyl (C=O) groups is 2. The number of hydrogen-bond acceptors (Lipinski definition) is 5. The Morgan fingerprint density at radius 3 is 2.71 bits per heavy atom. The first-order chi connectivity index (χ1) is 15.2. The molecule has 2 aliphatic rings. The van der Waals surface area contributed by atoms with E-state index in [-0.39, 0.29) is 24.5 Å². The van der Waals surface area contributed by atoms with Gasteiger partial charge in [-0.1, -0.05) is 36.8 Å². The number of ether oxygens (including phenoxy) is 2. The van der Waals surface area contributed by atoms with E-state index in [2.05, 4.69) is 0 Å². The van der Waals surface area contributed by atoms with Crippen LogP contribution >= 0.6 is 0 Å². The molecule has 2 aromatic rings. The van der Waals surface area contributed by atoms with Crippen molar-refractivity contribution in [2.45, 2.75) is 45.3 Å². The van der Waals surface area contributed by atoms with Gasteiger partial charge in [-0.25, -0.2) is 0 Å². The van der Waals surface area contributed by atoms with Crippen molar-refractivity contribution in [1.82, 2.24) is 4.90 Å². The minimum absolute atomic E-state index is 0.0351. The van der Waals surface area contributed by atoms with Crippen LogP contribution in [0, 0.1) is 0 Å². The minimum atomic E-state index is -0.312. The van der Waals surface area contributed by atoms with E-state index in [9.17, 15) is 9.59 Å². The second-order valence-electron chi connectivity index (χ2n) is 8.09. The monoisotopic (exact) mass is 422 g/mol. The predicted molar refractivity (Wildman–Crippen MR) is 119 cm³/mol. The van der Waals surface area contributed by atoms with Crippen molar-refractivity contribution in [3.63, 3.8) is 0 Å². The van der Waals surface area contributed by atoms with E-state index in [1.165, 1.54) is 0 Å². The normalized spacial score (nSPS) is 18.5. The summed E-state index contributed by atoms with van der Waals surface area (Å²) in [4.78, 5) is 29.2. The van der Waals surface area contributed by atoms with Gasteiger partial charge in [0.2, 0.25) is 5.91 Å². The molecule has 0 spiro atoms. The van der Waals surface area contributed by atoms with Gasteiger partial charge < -0.3 is 14.4 Å². The number of amides is 1. The van der Waals surface area contributed by atoms with Gasteiger partial charge >= 0.3 is 5.97 Å². The van der Waals surface area contributed by atoms with Crippen molar-refractivity contribution >= 4 is 17.6 Å². The molecule has 0 radical (unpaired) electrons. The second kappa shape index (κ2) is 9.96. The quantitative estimate of drug-likeness (QED) is 0.639. The molecule has 2 aliphatic heterocycles. The first-order valence-corrected chi connectivity index (χ1v) is 11.2. The summed E-state index contributed by atoms with van der Waals surface area (Å²) in [5, 5.41) is 0. The first kappa shape index (κ1) is 21.4. The van der Waals surface area contributed by atoms with Crippen molar-refractivity contribution in [3.05, 3.63) is 59.7 Å². The fourth-order valence-electron chi connectivity index (χ4n) is 4.41. The van der Waals surface area contributed by atoms with E-state index in [1.807, 2.05) is 65.3 Å². The number of benzene rings is 2. The smallest absolute Gasteiger partial charge is 0.323 e. The lowest BCUT2D eigenvalue weighted by Crippen LogP contribution is -2.50. The highest BCUT2D eigenvalue weighted by atomic mass is 16.5. The number of hydrogen-bond donors (Lipinski definition) is 0. The zero-order chi connectivity index (χ0) is 21.6. The maximum absolute atomic E-state index is 13.1. The molecule has 1 amide bonds. The maximum Gasteiger partial charge on any atom is 0.323 e.